The Labute approximate surface area is 99.0 Å². The second-order valence-electron chi connectivity index (χ2n) is 3.85. The van der Waals surface area contributed by atoms with E-state index in [1.165, 1.54) is 0 Å². The normalized spacial score (nSPS) is 12.2. The van der Waals surface area contributed by atoms with Gasteiger partial charge in [0.25, 0.3) is 0 Å². The van der Waals surface area contributed by atoms with Gasteiger partial charge in [0.2, 0.25) is 5.91 Å². The van der Waals surface area contributed by atoms with Crippen molar-refractivity contribution in [2.75, 3.05) is 0 Å². The molecule has 0 saturated heterocycles. The van der Waals surface area contributed by atoms with Crippen LogP contribution in [0.3, 0.4) is 0 Å². The Morgan fingerprint density at radius 2 is 2.18 bits per heavy atom. The molecule has 3 N–H and O–H groups in total. The zero-order valence-corrected chi connectivity index (χ0v) is 9.67. The first-order valence-corrected chi connectivity index (χ1v) is 5.51. The van der Waals surface area contributed by atoms with Crippen LogP contribution in [0.15, 0.2) is 18.2 Å². The Morgan fingerprint density at radius 1 is 1.47 bits per heavy atom. The van der Waals surface area contributed by atoms with Crippen LogP contribution in [0.1, 0.15) is 25.3 Å². The van der Waals surface area contributed by atoms with Crippen LogP contribution in [0.4, 0.5) is 8.78 Å². The molecule has 0 fully saturated rings. The summed E-state index contributed by atoms with van der Waals surface area (Å²) in [5, 5.41) is 2.48. The highest BCUT2D eigenvalue weighted by molar-refractivity contribution is 5.81. The minimum atomic E-state index is -0.600. The van der Waals surface area contributed by atoms with Crippen molar-refractivity contribution in [3.63, 3.8) is 0 Å². The monoisotopic (exact) mass is 242 g/mol. The molecule has 0 radical (unpaired) electrons. The summed E-state index contributed by atoms with van der Waals surface area (Å²) >= 11 is 0. The number of amides is 1. The molecular weight excluding hydrogens is 226 g/mol. The van der Waals surface area contributed by atoms with Crippen LogP contribution in [-0.2, 0) is 11.3 Å². The summed E-state index contributed by atoms with van der Waals surface area (Å²) in [6.45, 7) is 1.86. The average Bonchev–Trinajstić information content (AvgIpc) is 2.30. The van der Waals surface area contributed by atoms with Crippen molar-refractivity contribution in [2.24, 2.45) is 5.73 Å². The smallest absolute Gasteiger partial charge is 0.237 e. The highest BCUT2D eigenvalue weighted by Crippen LogP contribution is 2.09. The van der Waals surface area contributed by atoms with E-state index >= 15 is 0 Å². The Hall–Kier alpha value is -1.49. The van der Waals surface area contributed by atoms with Crippen LogP contribution < -0.4 is 11.1 Å². The van der Waals surface area contributed by atoms with E-state index in [0.717, 1.165) is 24.6 Å². The van der Waals surface area contributed by atoms with Gasteiger partial charge in [0.15, 0.2) is 0 Å². The standard InChI is InChI=1S/C12H16F2N2O/c1-2-3-11(15)12(17)16-7-8-6-9(13)4-5-10(8)14/h4-6,11H,2-3,7,15H2,1H3,(H,16,17)/t11-/m0/s1. The van der Waals surface area contributed by atoms with Crippen molar-refractivity contribution < 1.29 is 13.6 Å². The number of rotatable bonds is 5. The molecule has 0 heterocycles. The van der Waals surface area contributed by atoms with Crippen molar-refractivity contribution in [1.82, 2.24) is 5.32 Å². The van der Waals surface area contributed by atoms with Crippen LogP contribution in [0.2, 0.25) is 0 Å². The summed E-state index contributed by atoms with van der Waals surface area (Å²) < 4.78 is 26.1. The molecule has 5 heteroatoms. The van der Waals surface area contributed by atoms with Crippen molar-refractivity contribution in [1.29, 1.82) is 0 Å². The molecule has 0 aliphatic heterocycles. The van der Waals surface area contributed by atoms with Crippen LogP contribution in [0.5, 0.6) is 0 Å². The molecular formula is C12H16F2N2O. The Balaban J connectivity index is 2.55. The van der Waals surface area contributed by atoms with Crippen LogP contribution in [-0.4, -0.2) is 11.9 Å². The molecule has 17 heavy (non-hydrogen) atoms. The van der Waals surface area contributed by atoms with Crippen LogP contribution in [0, 0.1) is 11.6 Å². The van der Waals surface area contributed by atoms with E-state index in [2.05, 4.69) is 5.32 Å². The van der Waals surface area contributed by atoms with Crippen LogP contribution in [0.25, 0.3) is 0 Å². The highest BCUT2D eigenvalue weighted by atomic mass is 19.1. The molecule has 1 aromatic rings. The molecule has 94 valence electrons. The fourth-order valence-corrected chi connectivity index (χ4v) is 1.43. The van der Waals surface area contributed by atoms with E-state index in [1.807, 2.05) is 6.92 Å². The van der Waals surface area contributed by atoms with Gasteiger partial charge >= 0.3 is 0 Å². The number of benzene rings is 1. The molecule has 0 aromatic heterocycles. The van der Waals surface area contributed by atoms with Gasteiger partial charge in [-0.05, 0) is 24.6 Å². The van der Waals surface area contributed by atoms with E-state index in [9.17, 15) is 13.6 Å². The molecule has 0 bridgehead atoms. The molecule has 0 aliphatic carbocycles. The first-order chi connectivity index (χ1) is 8.04. The number of nitrogens with two attached hydrogens (primary N) is 1. The quantitative estimate of drug-likeness (QED) is 0.825. The third kappa shape index (κ3) is 4.11. The van der Waals surface area contributed by atoms with Gasteiger partial charge in [-0.25, -0.2) is 8.78 Å². The molecule has 1 amide bonds. The summed E-state index contributed by atoms with van der Waals surface area (Å²) in [5.41, 5.74) is 5.69. The largest absolute Gasteiger partial charge is 0.351 e. The third-order valence-corrected chi connectivity index (χ3v) is 2.40. The van der Waals surface area contributed by atoms with Gasteiger partial charge in [-0.2, -0.15) is 0 Å². The van der Waals surface area contributed by atoms with Gasteiger partial charge in [0.1, 0.15) is 11.6 Å². The summed E-state index contributed by atoms with van der Waals surface area (Å²) in [5.74, 6) is -1.43. The summed E-state index contributed by atoms with van der Waals surface area (Å²) in [4.78, 5) is 11.5. The van der Waals surface area contributed by atoms with Crippen molar-refractivity contribution in [3.05, 3.63) is 35.4 Å². The third-order valence-electron chi connectivity index (χ3n) is 2.40. The predicted octanol–water partition coefficient (Wildman–Crippen LogP) is 1.71. The molecule has 0 aliphatic rings. The molecule has 3 nitrogen and oxygen atoms in total. The van der Waals surface area contributed by atoms with Crippen molar-refractivity contribution >= 4 is 5.91 Å². The second-order valence-corrected chi connectivity index (χ2v) is 3.85. The Morgan fingerprint density at radius 3 is 2.82 bits per heavy atom. The number of carbonyl (C=O) groups excluding carboxylic acids is 1. The molecule has 1 aromatic carbocycles. The summed E-state index contributed by atoms with van der Waals surface area (Å²) in [6, 6.07) is 2.52. The summed E-state index contributed by atoms with van der Waals surface area (Å²) in [6.07, 6.45) is 1.36. The molecule has 0 unspecified atom stereocenters. The van der Waals surface area contributed by atoms with Gasteiger partial charge in [-0.3, -0.25) is 4.79 Å². The highest BCUT2D eigenvalue weighted by Gasteiger charge is 2.12. The molecule has 0 spiro atoms. The maximum absolute atomic E-state index is 13.2. The van der Waals surface area contributed by atoms with Crippen molar-refractivity contribution in [3.8, 4) is 0 Å². The number of nitrogens with one attached hydrogen (secondary N) is 1. The Bertz CT molecular complexity index is 396. The second kappa shape index (κ2) is 6.30. The lowest BCUT2D eigenvalue weighted by Gasteiger charge is -2.11. The van der Waals surface area contributed by atoms with Crippen LogP contribution >= 0.6 is 0 Å². The predicted molar refractivity (Wildman–Crippen MR) is 61.1 cm³/mol. The average molecular weight is 242 g/mol. The lowest BCUT2D eigenvalue weighted by atomic mass is 10.1. The fraction of sp³-hybridized carbons (Fsp3) is 0.417. The maximum atomic E-state index is 13.2. The zero-order chi connectivity index (χ0) is 12.8. The van der Waals surface area contributed by atoms with Gasteiger partial charge in [0.05, 0.1) is 6.04 Å². The maximum Gasteiger partial charge on any atom is 0.237 e. The van der Waals surface area contributed by atoms with E-state index in [4.69, 9.17) is 5.73 Å². The number of hydrogen-bond donors (Lipinski definition) is 2. The topological polar surface area (TPSA) is 55.1 Å². The first kappa shape index (κ1) is 13.6. The lowest BCUT2D eigenvalue weighted by Crippen LogP contribution is -2.40. The number of halogens is 2. The molecule has 0 saturated carbocycles. The Kier molecular flexibility index (Phi) is 5.03. The number of hydrogen-bond acceptors (Lipinski definition) is 2. The molecule has 1 rings (SSSR count). The van der Waals surface area contributed by atoms with E-state index in [-0.39, 0.29) is 18.0 Å². The zero-order valence-electron chi connectivity index (χ0n) is 9.67. The first-order valence-electron chi connectivity index (χ1n) is 5.51. The van der Waals surface area contributed by atoms with E-state index < -0.39 is 17.7 Å². The van der Waals surface area contributed by atoms with Gasteiger partial charge in [-0.15, -0.1) is 0 Å². The molecule has 1 atom stereocenters. The van der Waals surface area contributed by atoms with Gasteiger partial charge in [-0.1, -0.05) is 13.3 Å². The minimum Gasteiger partial charge on any atom is -0.351 e. The van der Waals surface area contributed by atoms with Gasteiger partial charge < -0.3 is 11.1 Å². The SMILES string of the molecule is CCC[C@H](N)C(=O)NCc1cc(F)ccc1F. The van der Waals surface area contributed by atoms with E-state index in [1.54, 1.807) is 0 Å². The minimum absolute atomic E-state index is 0.0557. The van der Waals surface area contributed by atoms with Gasteiger partial charge in [0, 0.05) is 12.1 Å². The number of carbonyl (C=O) groups is 1. The lowest BCUT2D eigenvalue weighted by molar-refractivity contribution is -0.122. The van der Waals surface area contributed by atoms with E-state index in [0.29, 0.717) is 6.42 Å². The summed E-state index contributed by atoms with van der Waals surface area (Å²) in [7, 11) is 0. The fourth-order valence-electron chi connectivity index (χ4n) is 1.43. The van der Waals surface area contributed by atoms with Crippen molar-refractivity contribution in [2.45, 2.75) is 32.4 Å².